The van der Waals surface area contributed by atoms with Crippen molar-refractivity contribution in [3.63, 3.8) is 0 Å². The molecule has 0 aliphatic heterocycles. The van der Waals surface area contributed by atoms with Crippen LogP contribution in [0, 0.1) is 22.7 Å². The van der Waals surface area contributed by atoms with Gasteiger partial charge in [0.1, 0.15) is 11.2 Å². The summed E-state index contributed by atoms with van der Waals surface area (Å²) >= 11 is 0. The molecule has 2 saturated carbocycles. The second-order valence-corrected chi connectivity index (χ2v) is 10.1. The molecule has 0 aromatic carbocycles. The molecule has 2 aliphatic rings. The van der Waals surface area contributed by atoms with Gasteiger partial charge >= 0.3 is 11.9 Å². The summed E-state index contributed by atoms with van der Waals surface area (Å²) in [7, 11) is -3.12. The molecule has 28 heavy (non-hydrogen) atoms. The maximum Gasteiger partial charge on any atom is 0.347 e. The maximum atomic E-state index is 12.8. The van der Waals surface area contributed by atoms with Gasteiger partial charge in [-0.15, -0.1) is 0 Å². The Balaban J connectivity index is 2.29. The van der Waals surface area contributed by atoms with Gasteiger partial charge in [0.25, 0.3) is 11.0 Å². The summed E-state index contributed by atoms with van der Waals surface area (Å²) < 4.78 is 39.5. The van der Waals surface area contributed by atoms with Gasteiger partial charge in [-0.2, -0.15) is 0 Å². The van der Waals surface area contributed by atoms with Crippen LogP contribution in [-0.2, 0) is 34.2 Å². The Bertz CT molecular complexity index is 722. The van der Waals surface area contributed by atoms with Crippen LogP contribution in [0.25, 0.3) is 0 Å². The minimum Gasteiger partial charge on any atom is -0.453 e. The van der Waals surface area contributed by atoms with Crippen molar-refractivity contribution in [1.29, 1.82) is 0 Å². The largest absolute Gasteiger partial charge is 0.453 e. The van der Waals surface area contributed by atoms with Crippen LogP contribution in [0.15, 0.2) is 0 Å². The van der Waals surface area contributed by atoms with Crippen LogP contribution in [-0.4, -0.2) is 37.7 Å². The molecule has 0 aromatic rings. The number of rotatable bonds is 7. The first kappa shape index (κ1) is 23.1. The van der Waals surface area contributed by atoms with Crippen LogP contribution in [0.3, 0.4) is 0 Å². The molecule has 7 nitrogen and oxygen atoms in total. The number of esters is 2. The monoisotopic (exact) mass is 418 g/mol. The number of carbonyl (C=O) groups excluding carboxylic acids is 2. The molecule has 0 N–H and O–H groups in total. The summed E-state index contributed by atoms with van der Waals surface area (Å²) in [6.45, 7) is 14.3. The number of hydrogen-bond acceptors (Lipinski definition) is 7. The van der Waals surface area contributed by atoms with E-state index < -0.39 is 51.1 Å². The SMILES string of the molecule is CCC(C)(C)C(=O)OC(C)C(=O)OC1(C)C2(C)CCC(C2C)C1(C)O[SH](=O)=O. The zero-order valence-corrected chi connectivity index (χ0v) is 19.1. The van der Waals surface area contributed by atoms with Crippen molar-refractivity contribution in [1.82, 2.24) is 0 Å². The summed E-state index contributed by atoms with van der Waals surface area (Å²) in [5.41, 5.74) is -3.49. The maximum absolute atomic E-state index is 12.8. The molecule has 0 amide bonds. The smallest absolute Gasteiger partial charge is 0.347 e. The zero-order valence-electron chi connectivity index (χ0n) is 18.2. The number of thiol groups is 1. The molecule has 2 aliphatic carbocycles. The van der Waals surface area contributed by atoms with Gasteiger partial charge in [-0.05, 0) is 65.7 Å². The van der Waals surface area contributed by atoms with E-state index in [9.17, 15) is 18.0 Å². The molecule has 2 fully saturated rings. The lowest BCUT2D eigenvalue weighted by Crippen LogP contribution is -2.62. The molecular formula is C20H34O7S. The van der Waals surface area contributed by atoms with Gasteiger partial charge in [0.05, 0.1) is 5.41 Å². The summed E-state index contributed by atoms with van der Waals surface area (Å²) in [6, 6.07) is 0. The number of fused-ring (bicyclic) bond motifs is 2. The van der Waals surface area contributed by atoms with E-state index in [0.717, 1.165) is 12.8 Å². The minimum atomic E-state index is -3.12. The molecule has 0 radical (unpaired) electrons. The van der Waals surface area contributed by atoms with Gasteiger partial charge < -0.3 is 9.47 Å². The topological polar surface area (TPSA) is 96.0 Å². The van der Waals surface area contributed by atoms with Gasteiger partial charge in [0, 0.05) is 5.41 Å². The van der Waals surface area contributed by atoms with Gasteiger partial charge in [-0.1, -0.05) is 20.8 Å². The fraction of sp³-hybridized carbons (Fsp3) is 0.900. The fourth-order valence-electron chi connectivity index (χ4n) is 5.05. The fourth-order valence-corrected chi connectivity index (χ4v) is 5.67. The van der Waals surface area contributed by atoms with E-state index in [1.54, 1.807) is 27.7 Å². The Morgan fingerprint density at radius 1 is 1.21 bits per heavy atom. The van der Waals surface area contributed by atoms with Crippen LogP contribution >= 0.6 is 0 Å². The van der Waals surface area contributed by atoms with E-state index in [4.69, 9.17) is 13.7 Å². The van der Waals surface area contributed by atoms with Crippen LogP contribution in [0.1, 0.15) is 74.7 Å². The average molecular weight is 419 g/mol. The lowest BCUT2D eigenvalue weighted by molar-refractivity contribution is -0.218. The molecule has 6 atom stereocenters. The first-order valence-electron chi connectivity index (χ1n) is 9.93. The summed E-state index contributed by atoms with van der Waals surface area (Å²) in [4.78, 5) is 25.2. The molecule has 0 spiro atoms. The summed E-state index contributed by atoms with van der Waals surface area (Å²) in [5.74, 6) is -1.11. The van der Waals surface area contributed by atoms with Crippen molar-refractivity contribution in [2.75, 3.05) is 0 Å². The zero-order chi connectivity index (χ0) is 21.7. The Morgan fingerprint density at radius 3 is 2.29 bits per heavy atom. The predicted octanol–water partition coefficient (Wildman–Crippen LogP) is 3.02. The molecule has 162 valence electrons. The van der Waals surface area contributed by atoms with Gasteiger partial charge in [-0.3, -0.25) is 8.98 Å². The Morgan fingerprint density at radius 2 is 1.79 bits per heavy atom. The lowest BCUT2D eigenvalue weighted by Gasteiger charge is -2.51. The quantitative estimate of drug-likeness (QED) is 0.501. The van der Waals surface area contributed by atoms with Crippen LogP contribution in [0.2, 0.25) is 0 Å². The van der Waals surface area contributed by atoms with Gasteiger partial charge in [0.15, 0.2) is 6.10 Å². The highest BCUT2D eigenvalue weighted by Gasteiger charge is 2.76. The molecule has 0 aromatic heterocycles. The van der Waals surface area contributed by atoms with E-state index in [1.807, 2.05) is 20.8 Å². The Kier molecular flexibility index (Phi) is 6.01. The summed E-state index contributed by atoms with van der Waals surface area (Å²) in [5, 5.41) is 0. The molecule has 0 saturated heterocycles. The third-order valence-corrected chi connectivity index (χ3v) is 8.48. The average Bonchev–Trinajstić information content (AvgIpc) is 2.94. The van der Waals surface area contributed by atoms with E-state index in [1.165, 1.54) is 6.92 Å². The predicted molar refractivity (Wildman–Crippen MR) is 104 cm³/mol. The van der Waals surface area contributed by atoms with Crippen LogP contribution < -0.4 is 0 Å². The molecule has 0 heterocycles. The molecule has 6 unspecified atom stereocenters. The van der Waals surface area contributed by atoms with Crippen molar-refractivity contribution in [2.24, 2.45) is 22.7 Å². The standard InChI is InChI=1S/C20H34O7S/c1-9-17(4,5)16(22)25-13(3)15(21)26-20(8)18(6)11-10-14(12(18)2)19(20,7)27-28(23)24/h12-14,28H,9-11H2,1-8H3. The van der Waals surface area contributed by atoms with E-state index in [-0.39, 0.29) is 11.8 Å². The minimum absolute atomic E-state index is 0.0555. The van der Waals surface area contributed by atoms with Gasteiger partial charge in [0.2, 0.25) is 0 Å². The number of ether oxygens (including phenoxy) is 2. The third kappa shape index (κ3) is 3.26. The van der Waals surface area contributed by atoms with E-state index in [2.05, 4.69) is 0 Å². The molecule has 2 rings (SSSR count). The first-order valence-corrected chi connectivity index (χ1v) is 11.0. The van der Waals surface area contributed by atoms with Crippen molar-refractivity contribution in [3.8, 4) is 0 Å². The summed E-state index contributed by atoms with van der Waals surface area (Å²) in [6.07, 6.45) is 1.08. The van der Waals surface area contributed by atoms with E-state index in [0.29, 0.717) is 6.42 Å². The number of carbonyl (C=O) groups is 2. The van der Waals surface area contributed by atoms with Gasteiger partial charge in [-0.25, -0.2) is 13.2 Å². The van der Waals surface area contributed by atoms with Crippen molar-refractivity contribution >= 4 is 22.9 Å². The van der Waals surface area contributed by atoms with Crippen molar-refractivity contribution in [3.05, 3.63) is 0 Å². The molecule has 8 heteroatoms. The van der Waals surface area contributed by atoms with Crippen LogP contribution in [0.5, 0.6) is 0 Å². The molecular weight excluding hydrogens is 384 g/mol. The van der Waals surface area contributed by atoms with Crippen molar-refractivity contribution < 1.29 is 31.7 Å². The Hall–Kier alpha value is -1.15. The molecule has 2 bridgehead atoms. The normalized spacial score (nSPS) is 38.5. The highest BCUT2D eigenvalue weighted by molar-refractivity contribution is 7.67. The third-order valence-electron chi connectivity index (χ3n) is 7.95. The van der Waals surface area contributed by atoms with E-state index >= 15 is 0 Å². The Labute approximate surface area is 169 Å². The van der Waals surface area contributed by atoms with Crippen LogP contribution in [0.4, 0.5) is 0 Å². The first-order chi connectivity index (χ1) is 12.7. The number of hydrogen-bond donors (Lipinski definition) is 1. The second-order valence-electron chi connectivity index (χ2n) is 9.51. The van der Waals surface area contributed by atoms with Crippen molar-refractivity contribution in [2.45, 2.75) is 92.0 Å². The highest BCUT2D eigenvalue weighted by atomic mass is 32.2. The second kappa shape index (κ2) is 7.27. The lowest BCUT2D eigenvalue weighted by atomic mass is 9.66. The highest BCUT2D eigenvalue weighted by Crippen LogP contribution is 2.69.